The molecule has 1 aromatic carbocycles. The van der Waals surface area contributed by atoms with Crippen LogP contribution in [0.3, 0.4) is 0 Å². The van der Waals surface area contributed by atoms with Crippen molar-refractivity contribution in [1.29, 1.82) is 0 Å². The Hall–Kier alpha value is -1.06. The van der Waals surface area contributed by atoms with Crippen LogP contribution in [0.2, 0.25) is 0 Å². The van der Waals surface area contributed by atoms with Crippen LogP contribution in [-0.2, 0) is 9.47 Å². The molecule has 1 rings (SSSR count). The predicted molar refractivity (Wildman–Crippen MR) is 44.9 cm³/mol. The Morgan fingerprint density at radius 3 is 2.42 bits per heavy atom. The van der Waals surface area contributed by atoms with Crippen molar-refractivity contribution in [1.82, 2.24) is 0 Å². The van der Waals surface area contributed by atoms with Gasteiger partial charge in [-0.05, 0) is 12.1 Å². The molecule has 0 spiro atoms. The summed E-state index contributed by atoms with van der Waals surface area (Å²) in [7, 11) is 3.11. The summed E-state index contributed by atoms with van der Waals surface area (Å²) in [4.78, 5) is 0. The zero-order chi connectivity index (χ0) is 8.97. The maximum atomic E-state index is 9.14. The lowest BCUT2D eigenvalue weighted by Gasteiger charge is -2.13. The van der Waals surface area contributed by atoms with Gasteiger partial charge in [-0.2, -0.15) is 0 Å². The van der Waals surface area contributed by atoms with Gasteiger partial charge < -0.3 is 14.6 Å². The second-order valence-electron chi connectivity index (χ2n) is 2.40. The molecule has 0 aliphatic rings. The number of phenolic OH excluding ortho intramolecular Hbond substituents is 1. The Bertz CT molecular complexity index is 243. The molecular weight excluding hydrogens is 156 g/mol. The van der Waals surface area contributed by atoms with Crippen LogP contribution in [0.5, 0.6) is 5.75 Å². The van der Waals surface area contributed by atoms with E-state index in [1.807, 2.05) is 6.07 Å². The van der Waals surface area contributed by atoms with Gasteiger partial charge in [-0.1, -0.05) is 12.1 Å². The number of benzene rings is 1. The largest absolute Gasteiger partial charge is 0.508 e. The monoisotopic (exact) mass is 168 g/mol. The van der Waals surface area contributed by atoms with Crippen molar-refractivity contribution in [3.05, 3.63) is 29.8 Å². The number of methoxy groups -OCH3 is 2. The summed E-state index contributed by atoms with van der Waals surface area (Å²) in [5.74, 6) is 0.214. The van der Waals surface area contributed by atoms with Gasteiger partial charge in [-0.25, -0.2) is 0 Å². The highest BCUT2D eigenvalue weighted by Gasteiger charge is 2.07. The molecule has 0 saturated carbocycles. The molecule has 0 saturated heterocycles. The molecule has 0 atom stereocenters. The van der Waals surface area contributed by atoms with Gasteiger partial charge in [0.2, 0.25) is 0 Å². The van der Waals surface area contributed by atoms with Gasteiger partial charge in [0.25, 0.3) is 0 Å². The van der Waals surface area contributed by atoms with Crippen LogP contribution in [0.1, 0.15) is 11.9 Å². The quantitative estimate of drug-likeness (QED) is 0.698. The molecule has 12 heavy (non-hydrogen) atoms. The maximum Gasteiger partial charge on any atom is 0.183 e. The van der Waals surface area contributed by atoms with E-state index in [4.69, 9.17) is 14.6 Å². The van der Waals surface area contributed by atoms with Crippen LogP contribution in [-0.4, -0.2) is 19.3 Å². The highest BCUT2D eigenvalue weighted by Crippen LogP contribution is 2.20. The van der Waals surface area contributed by atoms with E-state index in [2.05, 4.69) is 0 Å². The number of hydrogen-bond acceptors (Lipinski definition) is 3. The van der Waals surface area contributed by atoms with E-state index in [0.29, 0.717) is 0 Å². The fourth-order valence-electron chi connectivity index (χ4n) is 1.04. The molecule has 3 heteroatoms. The molecule has 0 aliphatic heterocycles. The minimum Gasteiger partial charge on any atom is -0.508 e. The van der Waals surface area contributed by atoms with E-state index >= 15 is 0 Å². The first kappa shape index (κ1) is 9.03. The third-order valence-corrected chi connectivity index (χ3v) is 1.57. The third kappa shape index (κ3) is 1.96. The normalized spacial score (nSPS) is 10.6. The SMILES string of the molecule is COC(OC)c1cccc(O)c1. The van der Waals surface area contributed by atoms with Gasteiger partial charge in [-0.15, -0.1) is 0 Å². The number of ether oxygens (including phenoxy) is 2. The Morgan fingerprint density at radius 1 is 1.25 bits per heavy atom. The predicted octanol–water partition coefficient (Wildman–Crippen LogP) is 1.68. The van der Waals surface area contributed by atoms with E-state index < -0.39 is 6.29 Å². The Balaban J connectivity index is 2.85. The Morgan fingerprint density at radius 2 is 1.92 bits per heavy atom. The van der Waals surface area contributed by atoms with Gasteiger partial charge in [-0.3, -0.25) is 0 Å². The van der Waals surface area contributed by atoms with Crippen molar-refractivity contribution in [3.8, 4) is 5.75 Å². The molecule has 66 valence electrons. The van der Waals surface area contributed by atoms with Crippen molar-refractivity contribution in [2.45, 2.75) is 6.29 Å². The van der Waals surface area contributed by atoms with E-state index in [-0.39, 0.29) is 5.75 Å². The molecule has 0 heterocycles. The fraction of sp³-hybridized carbons (Fsp3) is 0.333. The minimum atomic E-state index is -0.405. The second-order valence-corrected chi connectivity index (χ2v) is 2.40. The van der Waals surface area contributed by atoms with Crippen LogP contribution in [0.15, 0.2) is 24.3 Å². The van der Waals surface area contributed by atoms with Crippen LogP contribution in [0, 0.1) is 0 Å². The van der Waals surface area contributed by atoms with E-state index in [9.17, 15) is 0 Å². The van der Waals surface area contributed by atoms with Gasteiger partial charge in [0.05, 0.1) is 0 Å². The first-order valence-corrected chi connectivity index (χ1v) is 3.62. The molecule has 0 amide bonds. The number of rotatable bonds is 3. The summed E-state index contributed by atoms with van der Waals surface area (Å²) in [6.07, 6.45) is -0.405. The highest BCUT2D eigenvalue weighted by molar-refractivity contribution is 5.27. The first-order chi connectivity index (χ1) is 5.77. The first-order valence-electron chi connectivity index (χ1n) is 3.62. The molecule has 1 aromatic rings. The van der Waals surface area contributed by atoms with E-state index in [1.54, 1.807) is 32.4 Å². The molecule has 0 fully saturated rings. The van der Waals surface area contributed by atoms with Crippen molar-refractivity contribution < 1.29 is 14.6 Å². The molecule has 0 bridgehead atoms. The van der Waals surface area contributed by atoms with Crippen molar-refractivity contribution >= 4 is 0 Å². The Labute approximate surface area is 71.5 Å². The average molecular weight is 168 g/mol. The lowest BCUT2D eigenvalue weighted by molar-refractivity contribution is -0.106. The Kier molecular flexibility index (Phi) is 3.08. The van der Waals surface area contributed by atoms with Gasteiger partial charge >= 0.3 is 0 Å². The lowest BCUT2D eigenvalue weighted by atomic mass is 10.2. The molecular formula is C9H12O3. The topological polar surface area (TPSA) is 38.7 Å². The zero-order valence-corrected chi connectivity index (χ0v) is 7.15. The van der Waals surface area contributed by atoms with Crippen LogP contribution >= 0.6 is 0 Å². The summed E-state index contributed by atoms with van der Waals surface area (Å²) >= 11 is 0. The summed E-state index contributed by atoms with van der Waals surface area (Å²) in [6.45, 7) is 0. The van der Waals surface area contributed by atoms with Crippen molar-refractivity contribution in [2.75, 3.05) is 14.2 Å². The maximum absolute atomic E-state index is 9.14. The number of hydrogen-bond donors (Lipinski definition) is 1. The summed E-state index contributed by atoms with van der Waals surface area (Å²) in [5.41, 5.74) is 0.806. The molecule has 3 nitrogen and oxygen atoms in total. The van der Waals surface area contributed by atoms with Crippen molar-refractivity contribution in [2.24, 2.45) is 0 Å². The molecule has 0 aliphatic carbocycles. The van der Waals surface area contributed by atoms with E-state index in [0.717, 1.165) is 5.56 Å². The molecule has 0 aromatic heterocycles. The smallest absolute Gasteiger partial charge is 0.183 e. The molecule has 0 unspecified atom stereocenters. The number of aromatic hydroxyl groups is 1. The number of phenols is 1. The summed E-state index contributed by atoms with van der Waals surface area (Å²) < 4.78 is 10.0. The summed E-state index contributed by atoms with van der Waals surface area (Å²) in [6, 6.07) is 6.79. The lowest BCUT2D eigenvalue weighted by Crippen LogP contribution is -2.02. The zero-order valence-electron chi connectivity index (χ0n) is 7.15. The third-order valence-electron chi connectivity index (χ3n) is 1.57. The van der Waals surface area contributed by atoms with Gasteiger partial charge in [0, 0.05) is 19.8 Å². The highest BCUT2D eigenvalue weighted by atomic mass is 16.7. The van der Waals surface area contributed by atoms with Crippen LogP contribution in [0.25, 0.3) is 0 Å². The molecule has 1 N–H and O–H groups in total. The standard InChI is InChI=1S/C9H12O3/c1-11-9(12-2)7-4-3-5-8(10)6-7/h3-6,9-10H,1-2H3. The van der Waals surface area contributed by atoms with Crippen LogP contribution < -0.4 is 0 Å². The molecule has 0 radical (unpaired) electrons. The fourth-order valence-corrected chi connectivity index (χ4v) is 1.04. The van der Waals surface area contributed by atoms with Gasteiger partial charge in [0.1, 0.15) is 5.75 Å². The van der Waals surface area contributed by atoms with Crippen LogP contribution in [0.4, 0.5) is 0 Å². The van der Waals surface area contributed by atoms with E-state index in [1.165, 1.54) is 0 Å². The van der Waals surface area contributed by atoms with Gasteiger partial charge in [0.15, 0.2) is 6.29 Å². The minimum absolute atomic E-state index is 0.214. The second kappa shape index (κ2) is 4.09. The summed E-state index contributed by atoms with van der Waals surface area (Å²) in [5, 5.41) is 9.14. The average Bonchev–Trinajstić information content (AvgIpc) is 2.07. The van der Waals surface area contributed by atoms with Crippen molar-refractivity contribution in [3.63, 3.8) is 0 Å².